The first kappa shape index (κ1) is 16.2. The predicted octanol–water partition coefficient (Wildman–Crippen LogP) is -0.683. The van der Waals surface area contributed by atoms with Gasteiger partial charge < -0.3 is 0 Å². The molecule has 3 rings (SSSR count). The van der Waals surface area contributed by atoms with Gasteiger partial charge in [-0.2, -0.15) is 0 Å². The van der Waals surface area contributed by atoms with E-state index >= 15 is 0 Å². The number of aromatic nitrogens is 2. The van der Waals surface area contributed by atoms with E-state index < -0.39 is 29.1 Å². The molecule has 2 aliphatic rings. The molecule has 9 nitrogen and oxygen atoms in total. The third-order valence-corrected chi connectivity index (χ3v) is 4.72. The number of amides is 4. The first-order valence-electron chi connectivity index (χ1n) is 7.78. The summed E-state index contributed by atoms with van der Waals surface area (Å²) in [5, 5.41) is 0. The van der Waals surface area contributed by atoms with E-state index in [4.69, 9.17) is 0 Å². The maximum atomic E-state index is 12.5. The van der Waals surface area contributed by atoms with Gasteiger partial charge in [0.1, 0.15) is 0 Å². The molecule has 4 amide bonds. The fourth-order valence-corrected chi connectivity index (χ4v) is 3.24. The standard InChI is InChI=1S/C15H18N4O5/c1-16-10(7-11(20)17(2)14(16)23)8-18-12(21)13(22)19(15(18)24)9-5-3-4-6-9/h7,9H,3-6,8H2,1-2H3. The molecule has 0 unspecified atom stereocenters. The summed E-state index contributed by atoms with van der Waals surface area (Å²) in [6.45, 7) is -0.283. The molecular weight excluding hydrogens is 316 g/mol. The zero-order chi connectivity index (χ0) is 17.6. The molecule has 1 aromatic heterocycles. The Bertz CT molecular complexity index is 846. The van der Waals surface area contributed by atoms with Gasteiger partial charge in [-0.25, -0.2) is 14.5 Å². The van der Waals surface area contributed by atoms with Gasteiger partial charge in [-0.3, -0.25) is 28.4 Å². The first-order valence-corrected chi connectivity index (χ1v) is 7.78. The summed E-state index contributed by atoms with van der Waals surface area (Å²) in [6.07, 6.45) is 3.23. The number of rotatable bonds is 3. The van der Waals surface area contributed by atoms with Gasteiger partial charge in [0.05, 0.1) is 6.54 Å². The lowest BCUT2D eigenvalue weighted by Crippen LogP contribution is -2.41. The third-order valence-electron chi connectivity index (χ3n) is 4.72. The number of urea groups is 1. The van der Waals surface area contributed by atoms with Crippen LogP contribution >= 0.6 is 0 Å². The number of hydrogen-bond donors (Lipinski definition) is 0. The average Bonchev–Trinajstić information content (AvgIpc) is 3.14. The van der Waals surface area contributed by atoms with Gasteiger partial charge >= 0.3 is 23.5 Å². The van der Waals surface area contributed by atoms with E-state index in [9.17, 15) is 24.0 Å². The number of nitrogens with zero attached hydrogens (tertiary/aromatic N) is 4. The topological polar surface area (TPSA) is 102 Å². The van der Waals surface area contributed by atoms with E-state index in [0.717, 1.165) is 27.2 Å². The minimum Gasteiger partial charge on any atom is -0.299 e. The zero-order valence-electron chi connectivity index (χ0n) is 13.5. The Morgan fingerprint density at radius 1 is 0.958 bits per heavy atom. The van der Waals surface area contributed by atoms with Crippen LogP contribution in [0.15, 0.2) is 15.7 Å². The quantitative estimate of drug-likeness (QED) is 0.538. The van der Waals surface area contributed by atoms with Crippen molar-refractivity contribution >= 4 is 17.8 Å². The molecule has 2 fully saturated rings. The van der Waals surface area contributed by atoms with Crippen LogP contribution in [0.4, 0.5) is 4.79 Å². The van der Waals surface area contributed by atoms with Crippen molar-refractivity contribution in [3.05, 3.63) is 32.6 Å². The average molecular weight is 334 g/mol. The van der Waals surface area contributed by atoms with Gasteiger partial charge in [0, 0.05) is 31.9 Å². The molecule has 0 spiro atoms. The molecule has 9 heteroatoms. The molecule has 2 heterocycles. The second-order valence-corrected chi connectivity index (χ2v) is 6.16. The molecule has 1 saturated carbocycles. The van der Waals surface area contributed by atoms with Crippen molar-refractivity contribution in [2.24, 2.45) is 14.1 Å². The maximum absolute atomic E-state index is 12.5. The molecule has 1 aliphatic carbocycles. The van der Waals surface area contributed by atoms with Crippen molar-refractivity contribution in [2.45, 2.75) is 38.3 Å². The minimum atomic E-state index is -0.917. The van der Waals surface area contributed by atoms with Crippen molar-refractivity contribution in [3.63, 3.8) is 0 Å². The normalized spacial score (nSPS) is 19.0. The van der Waals surface area contributed by atoms with Gasteiger partial charge in [-0.05, 0) is 12.8 Å². The number of carbonyl (C=O) groups is 3. The van der Waals surface area contributed by atoms with E-state index in [1.807, 2.05) is 0 Å². The lowest BCUT2D eigenvalue weighted by Gasteiger charge is -2.21. The minimum absolute atomic E-state index is 0.200. The highest BCUT2D eigenvalue weighted by Gasteiger charge is 2.48. The summed E-state index contributed by atoms with van der Waals surface area (Å²) in [4.78, 5) is 62.4. The SMILES string of the molecule is Cn1c(CN2C(=O)C(=O)N(C3CCCC3)C2=O)cc(=O)n(C)c1=O. The molecule has 1 saturated heterocycles. The van der Waals surface area contributed by atoms with Crippen molar-refractivity contribution in [3.8, 4) is 0 Å². The lowest BCUT2D eigenvalue weighted by atomic mass is 10.2. The molecule has 1 aliphatic heterocycles. The highest BCUT2D eigenvalue weighted by molar-refractivity contribution is 6.44. The van der Waals surface area contributed by atoms with Gasteiger partial charge in [0.2, 0.25) is 0 Å². The fraction of sp³-hybridized carbons (Fsp3) is 0.533. The second kappa shape index (κ2) is 5.73. The molecule has 24 heavy (non-hydrogen) atoms. The maximum Gasteiger partial charge on any atom is 0.334 e. The Morgan fingerprint density at radius 3 is 2.21 bits per heavy atom. The summed E-state index contributed by atoms with van der Waals surface area (Å²) in [7, 11) is 2.78. The summed E-state index contributed by atoms with van der Waals surface area (Å²) in [6, 6.07) is 0.265. The summed E-state index contributed by atoms with van der Waals surface area (Å²) in [5.74, 6) is -1.75. The molecule has 0 aromatic carbocycles. The number of imide groups is 2. The highest BCUT2D eigenvalue weighted by atomic mass is 16.2. The van der Waals surface area contributed by atoms with Gasteiger partial charge in [0.25, 0.3) is 5.56 Å². The van der Waals surface area contributed by atoms with Crippen molar-refractivity contribution < 1.29 is 14.4 Å². The Hall–Kier alpha value is -2.71. The van der Waals surface area contributed by atoms with E-state index in [1.54, 1.807) is 0 Å². The van der Waals surface area contributed by atoms with Crippen LogP contribution in [0.5, 0.6) is 0 Å². The number of hydrogen-bond acceptors (Lipinski definition) is 5. The van der Waals surface area contributed by atoms with Crippen LogP contribution in [0.1, 0.15) is 31.4 Å². The van der Waals surface area contributed by atoms with Gasteiger partial charge in [0.15, 0.2) is 0 Å². The van der Waals surface area contributed by atoms with E-state index in [0.29, 0.717) is 12.8 Å². The van der Waals surface area contributed by atoms with Crippen LogP contribution in [0.3, 0.4) is 0 Å². The Balaban J connectivity index is 1.92. The monoisotopic (exact) mass is 334 g/mol. The smallest absolute Gasteiger partial charge is 0.299 e. The van der Waals surface area contributed by atoms with Crippen LogP contribution in [0.2, 0.25) is 0 Å². The Labute approximate surface area is 137 Å². The van der Waals surface area contributed by atoms with Crippen LogP contribution in [-0.2, 0) is 30.2 Å². The first-order chi connectivity index (χ1) is 11.3. The molecule has 0 atom stereocenters. The van der Waals surface area contributed by atoms with Crippen LogP contribution in [0.25, 0.3) is 0 Å². The van der Waals surface area contributed by atoms with Crippen LogP contribution < -0.4 is 11.2 Å². The molecular formula is C15H18N4O5. The molecule has 0 N–H and O–H groups in total. The molecule has 0 bridgehead atoms. The van der Waals surface area contributed by atoms with Gasteiger partial charge in [-0.1, -0.05) is 12.8 Å². The van der Waals surface area contributed by atoms with Crippen LogP contribution in [-0.4, -0.2) is 42.8 Å². The largest absolute Gasteiger partial charge is 0.334 e. The van der Waals surface area contributed by atoms with E-state index in [-0.39, 0.29) is 18.3 Å². The molecule has 1 aromatic rings. The summed E-state index contributed by atoms with van der Waals surface area (Å²) in [5.41, 5.74) is -0.896. The highest BCUT2D eigenvalue weighted by Crippen LogP contribution is 2.28. The molecule has 0 radical (unpaired) electrons. The zero-order valence-corrected chi connectivity index (χ0v) is 13.5. The lowest BCUT2D eigenvalue weighted by molar-refractivity contribution is -0.144. The van der Waals surface area contributed by atoms with Gasteiger partial charge in [-0.15, -0.1) is 0 Å². The summed E-state index contributed by atoms with van der Waals surface area (Å²) >= 11 is 0. The van der Waals surface area contributed by atoms with Crippen molar-refractivity contribution in [1.82, 2.24) is 18.9 Å². The van der Waals surface area contributed by atoms with Crippen LogP contribution in [0, 0.1) is 0 Å². The Kier molecular flexibility index (Phi) is 3.86. The second-order valence-electron chi connectivity index (χ2n) is 6.16. The predicted molar refractivity (Wildman–Crippen MR) is 82.0 cm³/mol. The van der Waals surface area contributed by atoms with E-state index in [2.05, 4.69) is 0 Å². The van der Waals surface area contributed by atoms with E-state index in [1.165, 1.54) is 24.7 Å². The molecule has 128 valence electrons. The van der Waals surface area contributed by atoms with Crippen molar-refractivity contribution in [1.29, 1.82) is 0 Å². The third kappa shape index (κ3) is 2.36. The fourth-order valence-electron chi connectivity index (χ4n) is 3.24. The Morgan fingerprint density at radius 2 is 1.58 bits per heavy atom. The number of carbonyl (C=O) groups excluding carboxylic acids is 3. The van der Waals surface area contributed by atoms with Crippen molar-refractivity contribution in [2.75, 3.05) is 0 Å². The summed E-state index contributed by atoms with van der Waals surface area (Å²) < 4.78 is 2.11.